The molecule has 3 aromatic rings. The number of benzene rings is 1. The minimum Gasteiger partial charge on any atom is -0.482 e. The van der Waals surface area contributed by atoms with Crippen LogP contribution in [-0.2, 0) is 5.41 Å². The van der Waals surface area contributed by atoms with Crippen molar-refractivity contribution in [2.75, 3.05) is 17.6 Å². The molecule has 8 heteroatoms. The first-order valence-electron chi connectivity index (χ1n) is 9.47. The van der Waals surface area contributed by atoms with Crippen molar-refractivity contribution in [1.29, 1.82) is 0 Å². The van der Waals surface area contributed by atoms with E-state index >= 15 is 0 Å². The molecule has 0 amide bonds. The van der Waals surface area contributed by atoms with Crippen LogP contribution in [0.15, 0.2) is 36.7 Å². The minimum atomic E-state index is -0.638. The molecule has 3 N–H and O–H groups in total. The lowest BCUT2D eigenvalue weighted by atomic mass is 9.91. The molecule has 0 saturated carbocycles. The summed E-state index contributed by atoms with van der Waals surface area (Å²) in [6.07, 6.45) is 2.84. The largest absolute Gasteiger partial charge is 0.482 e. The van der Waals surface area contributed by atoms with Crippen LogP contribution in [0.4, 0.5) is 15.9 Å². The fraction of sp³-hybridized carbons (Fsp3) is 0.273. The summed E-state index contributed by atoms with van der Waals surface area (Å²) in [6, 6.07) is 6.48. The average Bonchev–Trinajstić information content (AvgIpc) is 3.01. The van der Waals surface area contributed by atoms with Gasteiger partial charge in [-0.1, -0.05) is 37.0 Å². The van der Waals surface area contributed by atoms with Crippen molar-refractivity contribution < 1.29 is 9.13 Å². The Kier molecular flexibility index (Phi) is 5.24. The highest BCUT2D eigenvalue weighted by atomic mass is 35.5. The van der Waals surface area contributed by atoms with Crippen LogP contribution in [0.5, 0.6) is 5.75 Å². The van der Waals surface area contributed by atoms with Gasteiger partial charge >= 0.3 is 0 Å². The summed E-state index contributed by atoms with van der Waals surface area (Å²) in [5, 5.41) is 3.63. The van der Waals surface area contributed by atoms with Crippen LogP contribution in [-0.4, -0.2) is 16.5 Å². The molecule has 0 aliphatic carbocycles. The highest BCUT2D eigenvalue weighted by molar-refractivity contribution is 6.36. The fourth-order valence-electron chi connectivity index (χ4n) is 3.57. The third-order valence-corrected chi connectivity index (χ3v) is 5.97. The Bertz CT molecular complexity index is 1140. The lowest BCUT2D eigenvalue weighted by Gasteiger charge is -2.19. The normalized spacial score (nSPS) is 15.4. The zero-order chi connectivity index (χ0) is 21.6. The Balaban J connectivity index is 1.66. The van der Waals surface area contributed by atoms with E-state index in [1.54, 1.807) is 19.2 Å². The predicted molar refractivity (Wildman–Crippen MR) is 119 cm³/mol. The highest BCUT2D eigenvalue weighted by Crippen LogP contribution is 2.39. The van der Waals surface area contributed by atoms with E-state index in [1.165, 1.54) is 12.1 Å². The molecular formula is C22H21Cl2FN4O. The van der Waals surface area contributed by atoms with E-state index < -0.39 is 11.9 Å². The molecule has 1 aliphatic rings. The van der Waals surface area contributed by atoms with Gasteiger partial charge in [0.15, 0.2) is 11.6 Å². The number of pyridine rings is 2. The topological polar surface area (TPSA) is 73.1 Å². The van der Waals surface area contributed by atoms with Gasteiger partial charge in [0.05, 0.1) is 16.4 Å². The SMILES string of the molecule is C[C@@H](Oc1cc(-c2cnc3c(c2)NCC3(C)C)cnc1N)c1c(Cl)ccc(F)c1Cl. The van der Waals surface area contributed by atoms with E-state index in [0.29, 0.717) is 16.3 Å². The lowest BCUT2D eigenvalue weighted by molar-refractivity contribution is 0.227. The monoisotopic (exact) mass is 446 g/mol. The van der Waals surface area contributed by atoms with Crippen molar-refractivity contribution >= 4 is 34.7 Å². The summed E-state index contributed by atoms with van der Waals surface area (Å²) >= 11 is 12.3. The Morgan fingerprint density at radius 3 is 2.63 bits per heavy atom. The number of hydrogen-bond acceptors (Lipinski definition) is 5. The Morgan fingerprint density at radius 2 is 1.87 bits per heavy atom. The van der Waals surface area contributed by atoms with Crippen LogP contribution in [0, 0.1) is 5.82 Å². The number of nitrogens with one attached hydrogen (secondary N) is 1. The number of ether oxygens (including phenoxy) is 1. The van der Waals surface area contributed by atoms with Crippen molar-refractivity contribution in [3.05, 3.63) is 63.8 Å². The number of hydrogen-bond donors (Lipinski definition) is 2. The van der Waals surface area contributed by atoms with Crippen LogP contribution < -0.4 is 15.8 Å². The van der Waals surface area contributed by atoms with E-state index in [0.717, 1.165) is 29.1 Å². The van der Waals surface area contributed by atoms with E-state index in [4.69, 9.17) is 33.7 Å². The van der Waals surface area contributed by atoms with Gasteiger partial charge < -0.3 is 15.8 Å². The molecule has 5 nitrogen and oxygen atoms in total. The molecule has 156 valence electrons. The maximum absolute atomic E-state index is 13.9. The van der Waals surface area contributed by atoms with Gasteiger partial charge in [-0.2, -0.15) is 0 Å². The maximum Gasteiger partial charge on any atom is 0.166 e. The molecule has 30 heavy (non-hydrogen) atoms. The number of fused-ring (bicyclic) bond motifs is 1. The van der Waals surface area contributed by atoms with Gasteiger partial charge in [-0.05, 0) is 31.2 Å². The summed E-state index contributed by atoms with van der Waals surface area (Å²) in [5.41, 5.74) is 10.1. The molecule has 0 bridgehead atoms. The van der Waals surface area contributed by atoms with Crippen molar-refractivity contribution in [2.24, 2.45) is 0 Å². The molecule has 1 aliphatic heterocycles. The number of nitrogen functional groups attached to an aromatic ring is 1. The first-order chi connectivity index (χ1) is 14.2. The first kappa shape index (κ1) is 20.7. The third kappa shape index (κ3) is 3.66. The molecule has 0 saturated heterocycles. The second-order valence-electron chi connectivity index (χ2n) is 7.98. The average molecular weight is 447 g/mol. The zero-order valence-corrected chi connectivity index (χ0v) is 18.3. The molecule has 1 atom stereocenters. The minimum absolute atomic E-state index is 0.0135. The maximum atomic E-state index is 13.9. The number of rotatable bonds is 4. The summed E-state index contributed by atoms with van der Waals surface area (Å²) < 4.78 is 19.9. The lowest BCUT2D eigenvalue weighted by Crippen LogP contribution is -2.19. The van der Waals surface area contributed by atoms with Crippen molar-refractivity contribution in [1.82, 2.24) is 9.97 Å². The number of nitrogens with two attached hydrogens (primary N) is 1. The van der Waals surface area contributed by atoms with Crippen LogP contribution in [0.2, 0.25) is 10.0 Å². The van der Waals surface area contributed by atoms with E-state index in [2.05, 4.69) is 29.1 Å². The number of anilines is 2. The molecule has 1 aromatic carbocycles. The van der Waals surface area contributed by atoms with Gasteiger partial charge in [0.25, 0.3) is 0 Å². The number of halogens is 3. The Morgan fingerprint density at radius 1 is 1.17 bits per heavy atom. The second kappa shape index (κ2) is 7.60. The summed E-state index contributed by atoms with van der Waals surface area (Å²) in [5.74, 6) is -0.00110. The van der Waals surface area contributed by atoms with Gasteiger partial charge in [-0.25, -0.2) is 9.37 Å². The standard InChI is InChI=1S/C22H21Cl2FN4O/c1-11(18-14(23)4-5-15(25)19(18)24)30-17-7-13(9-28-21(17)26)12-6-16-20(27-8-12)22(2,3)10-29-16/h4-9,11,29H,10H2,1-3H3,(H2,26,28)/t11-/m1/s1. The van der Waals surface area contributed by atoms with Crippen molar-refractivity contribution in [3.63, 3.8) is 0 Å². The van der Waals surface area contributed by atoms with E-state index in [1.807, 2.05) is 12.3 Å². The van der Waals surface area contributed by atoms with E-state index in [9.17, 15) is 4.39 Å². The molecule has 2 aromatic heterocycles. The summed E-state index contributed by atoms with van der Waals surface area (Å²) in [7, 11) is 0. The third-order valence-electron chi connectivity index (χ3n) is 5.25. The van der Waals surface area contributed by atoms with Gasteiger partial charge in [0.1, 0.15) is 11.9 Å². The van der Waals surface area contributed by atoms with Crippen LogP contribution >= 0.6 is 23.2 Å². The van der Waals surface area contributed by atoms with Gasteiger partial charge in [0, 0.05) is 46.1 Å². The summed E-state index contributed by atoms with van der Waals surface area (Å²) in [6.45, 7) is 6.86. The quantitative estimate of drug-likeness (QED) is 0.479. The van der Waals surface area contributed by atoms with Crippen LogP contribution in [0.25, 0.3) is 11.1 Å². The van der Waals surface area contributed by atoms with Crippen molar-refractivity contribution in [2.45, 2.75) is 32.3 Å². The Labute approximate surface area is 184 Å². The molecule has 3 heterocycles. The Hall–Kier alpha value is -2.57. The predicted octanol–water partition coefficient (Wildman–Crippen LogP) is 6.01. The van der Waals surface area contributed by atoms with E-state index in [-0.39, 0.29) is 16.3 Å². The molecule has 4 rings (SSSR count). The molecule has 0 unspecified atom stereocenters. The van der Waals surface area contributed by atoms with Gasteiger partial charge in [-0.3, -0.25) is 4.98 Å². The van der Waals surface area contributed by atoms with Crippen molar-refractivity contribution in [3.8, 4) is 16.9 Å². The zero-order valence-electron chi connectivity index (χ0n) is 16.8. The number of aromatic nitrogens is 2. The van der Waals surface area contributed by atoms with Crippen LogP contribution in [0.3, 0.4) is 0 Å². The van der Waals surface area contributed by atoms with Crippen LogP contribution in [0.1, 0.15) is 38.1 Å². The molecule has 0 spiro atoms. The first-order valence-corrected chi connectivity index (χ1v) is 10.2. The van der Waals surface area contributed by atoms with Gasteiger partial charge in [-0.15, -0.1) is 0 Å². The molecule has 0 radical (unpaired) electrons. The summed E-state index contributed by atoms with van der Waals surface area (Å²) in [4.78, 5) is 8.89. The second-order valence-corrected chi connectivity index (χ2v) is 8.77. The molecule has 0 fully saturated rings. The van der Waals surface area contributed by atoms with Gasteiger partial charge in [0.2, 0.25) is 0 Å². The smallest absolute Gasteiger partial charge is 0.166 e. The number of nitrogens with zero attached hydrogens (tertiary/aromatic N) is 2. The molecular weight excluding hydrogens is 426 g/mol. The fourth-order valence-corrected chi connectivity index (χ4v) is 4.25. The highest BCUT2D eigenvalue weighted by Gasteiger charge is 2.31.